The number of anilines is 1. The zero-order valence-electron chi connectivity index (χ0n) is 12.8. The molecule has 2 rings (SSSR count). The lowest BCUT2D eigenvalue weighted by Gasteiger charge is -2.38. The number of carbonyl (C=O) groups excluding carboxylic acids is 1. The van der Waals surface area contributed by atoms with E-state index in [0.717, 1.165) is 24.3 Å². The van der Waals surface area contributed by atoms with Crippen molar-refractivity contribution in [2.75, 3.05) is 26.6 Å². The Labute approximate surface area is 125 Å². The first-order valence-corrected chi connectivity index (χ1v) is 7.17. The number of esters is 1. The topological polar surface area (TPSA) is 56.8 Å². The minimum Gasteiger partial charge on any atom is -0.495 e. The number of nitrogens with one attached hydrogen (secondary N) is 1. The van der Waals surface area contributed by atoms with Crippen LogP contribution in [0.25, 0.3) is 0 Å². The molecule has 1 aliphatic carbocycles. The van der Waals surface area contributed by atoms with Gasteiger partial charge in [0.15, 0.2) is 0 Å². The Morgan fingerprint density at radius 2 is 1.86 bits per heavy atom. The van der Waals surface area contributed by atoms with E-state index in [1.54, 1.807) is 14.2 Å². The second-order valence-corrected chi connectivity index (χ2v) is 5.33. The fraction of sp³-hybridized carbons (Fsp3) is 0.562. The van der Waals surface area contributed by atoms with Gasteiger partial charge in [-0.2, -0.15) is 0 Å². The Balaban J connectivity index is 2.23. The molecule has 1 N–H and O–H groups in total. The molecule has 0 aliphatic heterocycles. The molecule has 1 aromatic carbocycles. The molecule has 0 amide bonds. The second-order valence-electron chi connectivity index (χ2n) is 5.33. The fourth-order valence-electron chi connectivity index (χ4n) is 2.90. The van der Waals surface area contributed by atoms with Gasteiger partial charge < -0.3 is 19.5 Å². The van der Waals surface area contributed by atoms with Crippen LogP contribution in [0.1, 0.15) is 25.7 Å². The molecule has 1 saturated carbocycles. The maximum atomic E-state index is 12.3. The predicted octanol–water partition coefficient (Wildman–Crippen LogP) is 2.61. The number of hydrogen-bond acceptors (Lipinski definition) is 5. The Morgan fingerprint density at radius 1 is 1.19 bits per heavy atom. The molecule has 0 radical (unpaired) electrons. The van der Waals surface area contributed by atoms with Gasteiger partial charge in [-0.1, -0.05) is 12.1 Å². The molecule has 1 fully saturated rings. The number of ether oxygens (including phenoxy) is 3. The van der Waals surface area contributed by atoms with E-state index in [9.17, 15) is 4.79 Å². The van der Waals surface area contributed by atoms with E-state index in [0.29, 0.717) is 12.8 Å². The normalized spacial score (nSPS) is 25.2. The molecule has 0 aromatic heterocycles. The summed E-state index contributed by atoms with van der Waals surface area (Å²) in [5.74, 6) is 0.484. The van der Waals surface area contributed by atoms with E-state index in [2.05, 4.69) is 5.32 Å². The Hall–Kier alpha value is -1.75. The first-order valence-electron chi connectivity index (χ1n) is 7.17. The van der Waals surface area contributed by atoms with Crippen LogP contribution in [0.3, 0.4) is 0 Å². The van der Waals surface area contributed by atoms with Crippen molar-refractivity contribution in [2.24, 2.45) is 0 Å². The monoisotopic (exact) mass is 293 g/mol. The molecular weight excluding hydrogens is 270 g/mol. The highest BCUT2D eigenvalue weighted by Gasteiger charge is 2.43. The lowest BCUT2D eigenvalue weighted by Crippen LogP contribution is -2.50. The van der Waals surface area contributed by atoms with Crippen LogP contribution in [-0.4, -0.2) is 38.9 Å². The Kier molecular flexibility index (Phi) is 5.07. The van der Waals surface area contributed by atoms with Crippen LogP contribution in [0, 0.1) is 0 Å². The maximum absolute atomic E-state index is 12.3. The van der Waals surface area contributed by atoms with Crippen molar-refractivity contribution in [3.8, 4) is 5.75 Å². The molecule has 0 heterocycles. The summed E-state index contributed by atoms with van der Waals surface area (Å²) in [6.07, 6.45) is 3.22. The molecular formula is C16H23NO4. The third-order valence-corrected chi connectivity index (χ3v) is 4.18. The first kappa shape index (κ1) is 15.6. The van der Waals surface area contributed by atoms with Crippen molar-refractivity contribution >= 4 is 11.7 Å². The minimum atomic E-state index is -0.710. The standard InChI is InChI=1S/C16H23NO4/c1-19-12-8-10-16(11-9-12,15(18)21-3)17-13-6-4-5-7-14(13)20-2/h4-7,12,17H,8-11H2,1-3H3. The molecule has 0 spiro atoms. The Bertz CT molecular complexity index is 481. The van der Waals surface area contributed by atoms with Crippen molar-refractivity contribution in [1.82, 2.24) is 0 Å². The van der Waals surface area contributed by atoms with E-state index >= 15 is 0 Å². The van der Waals surface area contributed by atoms with Crippen molar-refractivity contribution in [3.05, 3.63) is 24.3 Å². The van der Waals surface area contributed by atoms with Crippen LogP contribution in [-0.2, 0) is 14.3 Å². The van der Waals surface area contributed by atoms with Gasteiger partial charge >= 0.3 is 5.97 Å². The van der Waals surface area contributed by atoms with Crippen LogP contribution in [0.4, 0.5) is 5.69 Å². The van der Waals surface area contributed by atoms with Gasteiger partial charge in [-0.15, -0.1) is 0 Å². The van der Waals surface area contributed by atoms with Crippen LogP contribution >= 0.6 is 0 Å². The van der Waals surface area contributed by atoms with E-state index in [1.165, 1.54) is 7.11 Å². The lowest BCUT2D eigenvalue weighted by atomic mass is 9.80. The molecule has 21 heavy (non-hydrogen) atoms. The SMILES string of the molecule is COC(=O)C1(Nc2ccccc2OC)CCC(OC)CC1. The molecule has 5 heteroatoms. The molecule has 5 nitrogen and oxygen atoms in total. The third-order valence-electron chi connectivity index (χ3n) is 4.18. The number of hydrogen-bond donors (Lipinski definition) is 1. The zero-order valence-corrected chi connectivity index (χ0v) is 12.8. The first-order chi connectivity index (χ1) is 10.1. The van der Waals surface area contributed by atoms with Crippen LogP contribution in [0.5, 0.6) is 5.75 Å². The number of methoxy groups -OCH3 is 3. The van der Waals surface area contributed by atoms with E-state index in [1.807, 2.05) is 24.3 Å². The molecule has 1 aliphatic rings. The highest BCUT2D eigenvalue weighted by Crippen LogP contribution is 2.36. The zero-order chi connectivity index (χ0) is 15.3. The van der Waals surface area contributed by atoms with Crippen LogP contribution in [0.2, 0.25) is 0 Å². The lowest BCUT2D eigenvalue weighted by molar-refractivity contribution is -0.148. The highest BCUT2D eigenvalue weighted by molar-refractivity contribution is 5.85. The minimum absolute atomic E-state index is 0.210. The van der Waals surface area contributed by atoms with Crippen molar-refractivity contribution < 1.29 is 19.0 Å². The average Bonchev–Trinajstić information content (AvgIpc) is 2.55. The molecule has 0 unspecified atom stereocenters. The third kappa shape index (κ3) is 3.29. The van der Waals surface area contributed by atoms with Crippen molar-refractivity contribution in [1.29, 1.82) is 0 Å². The summed E-state index contributed by atoms with van der Waals surface area (Å²) in [5, 5.41) is 3.35. The van der Waals surface area contributed by atoms with E-state index < -0.39 is 5.54 Å². The number of benzene rings is 1. The van der Waals surface area contributed by atoms with Gasteiger partial charge in [0.05, 0.1) is 26.0 Å². The quantitative estimate of drug-likeness (QED) is 0.846. The summed E-state index contributed by atoms with van der Waals surface area (Å²) in [4.78, 5) is 12.3. The second kappa shape index (κ2) is 6.80. The molecule has 0 saturated heterocycles. The summed E-state index contributed by atoms with van der Waals surface area (Å²) >= 11 is 0. The van der Waals surface area contributed by atoms with Crippen molar-refractivity contribution in [2.45, 2.75) is 37.3 Å². The summed E-state index contributed by atoms with van der Waals surface area (Å²) in [6, 6.07) is 7.59. The number of rotatable bonds is 5. The van der Waals surface area contributed by atoms with Gasteiger partial charge in [0, 0.05) is 7.11 Å². The molecule has 0 atom stereocenters. The van der Waals surface area contributed by atoms with E-state index in [4.69, 9.17) is 14.2 Å². The largest absolute Gasteiger partial charge is 0.495 e. The highest BCUT2D eigenvalue weighted by atomic mass is 16.5. The fourth-order valence-corrected chi connectivity index (χ4v) is 2.90. The summed E-state index contributed by atoms with van der Waals surface area (Å²) < 4.78 is 15.8. The van der Waals surface area contributed by atoms with Gasteiger partial charge in [0.2, 0.25) is 0 Å². The molecule has 1 aromatic rings. The van der Waals surface area contributed by atoms with E-state index in [-0.39, 0.29) is 12.1 Å². The van der Waals surface area contributed by atoms with Gasteiger partial charge in [-0.25, -0.2) is 4.79 Å². The van der Waals surface area contributed by atoms with Crippen LogP contribution in [0.15, 0.2) is 24.3 Å². The number of carbonyl (C=O) groups is 1. The van der Waals surface area contributed by atoms with Gasteiger partial charge in [0.1, 0.15) is 11.3 Å². The van der Waals surface area contributed by atoms with Gasteiger partial charge in [-0.3, -0.25) is 0 Å². The maximum Gasteiger partial charge on any atom is 0.331 e. The predicted molar refractivity (Wildman–Crippen MR) is 80.6 cm³/mol. The summed E-state index contributed by atoms with van der Waals surface area (Å²) in [5.41, 5.74) is 0.0968. The molecule has 116 valence electrons. The van der Waals surface area contributed by atoms with Gasteiger partial charge in [0.25, 0.3) is 0 Å². The smallest absolute Gasteiger partial charge is 0.331 e. The van der Waals surface area contributed by atoms with Gasteiger partial charge in [-0.05, 0) is 37.8 Å². The summed E-state index contributed by atoms with van der Waals surface area (Å²) in [7, 11) is 4.76. The van der Waals surface area contributed by atoms with Crippen LogP contribution < -0.4 is 10.1 Å². The number of para-hydroxylation sites is 2. The van der Waals surface area contributed by atoms with Crippen molar-refractivity contribution in [3.63, 3.8) is 0 Å². The molecule has 0 bridgehead atoms. The summed E-state index contributed by atoms with van der Waals surface area (Å²) in [6.45, 7) is 0. The average molecular weight is 293 g/mol. The Morgan fingerprint density at radius 3 is 2.43 bits per heavy atom.